The van der Waals surface area contributed by atoms with Crippen molar-refractivity contribution in [2.75, 3.05) is 0 Å². The molecule has 4 heteroatoms. The lowest BCUT2D eigenvalue weighted by Crippen LogP contribution is -2.01. The first-order valence-electron chi connectivity index (χ1n) is 6.37. The molecule has 0 aliphatic carbocycles. The molecule has 0 N–H and O–H groups in total. The van der Waals surface area contributed by atoms with Gasteiger partial charge in [-0.05, 0) is 25.1 Å². The van der Waals surface area contributed by atoms with Crippen LogP contribution in [0.3, 0.4) is 0 Å². The fourth-order valence-electron chi connectivity index (χ4n) is 2.17. The number of hydrogen-bond acceptors (Lipinski definition) is 3. The largest absolute Gasteiger partial charge is 0.488 e. The average molecular weight is 266 g/mol. The minimum absolute atomic E-state index is 0.380. The summed E-state index contributed by atoms with van der Waals surface area (Å²) in [5.74, 6) is 0.596. The zero-order valence-electron chi connectivity index (χ0n) is 11.1. The lowest BCUT2D eigenvalue weighted by molar-refractivity contribution is 0.111. The second-order valence-electron chi connectivity index (χ2n) is 4.64. The van der Waals surface area contributed by atoms with Crippen molar-refractivity contribution in [3.8, 4) is 5.75 Å². The number of carbonyl (C=O) groups excluding carboxylic acids is 1. The smallest absolute Gasteiger partial charge is 0.153 e. The number of hydrogen-bond donors (Lipinski definition) is 0. The number of imidazole rings is 1. The Morgan fingerprint density at radius 3 is 3.05 bits per heavy atom. The Balaban J connectivity index is 1.86. The van der Waals surface area contributed by atoms with Crippen LogP contribution >= 0.6 is 0 Å². The van der Waals surface area contributed by atoms with Gasteiger partial charge in [-0.2, -0.15) is 0 Å². The van der Waals surface area contributed by atoms with Crippen LogP contribution < -0.4 is 4.74 Å². The van der Waals surface area contributed by atoms with Gasteiger partial charge >= 0.3 is 0 Å². The van der Waals surface area contributed by atoms with Crippen LogP contribution in [0.25, 0.3) is 5.65 Å². The van der Waals surface area contributed by atoms with E-state index in [0.717, 1.165) is 23.1 Å². The van der Waals surface area contributed by atoms with Crippen LogP contribution in [0.2, 0.25) is 0 Å². The Hall–Kier alpha value is -2.62. The molecule has 0 radical (unpaired) electrons. The van der Waals surface area contributed by atoms with E-state index in [1.165, 1.54) is 0 Å². The molecule has 1 aromatic carbocycles. The Labute approximate surface area is 116 Å². The Kier molecular flexibility index (Phi) is 3.21. The highest BCUT2D eigenvalue weighted by Crippen LogP contribution is 2.20. The van der Waals surface area contributed by atoms with Crippen molar-refractivity contribution in [2.45, 2.75) is 13.5 Å². The maximum Gasteiger partial charge on any atom is 0.153 e. The molecular weight excluding hydrogens is 252 g/mol. The van der Waals surface area contributed by atoms with E-state index in [1.807, 2.05) is 54.0 Å². The van der Waals surface area contributed by atoms with Crippen molar-refractivity contribution < 1.29 is 9.53 Å². The molecule has 0 spiro atoms. The first-order chi connectivity index (χ1) is 9.78. The van der Waals surface area contributed by atoms with Gasteiger partial charge in [0.2, 0.25) is 0 Å². The molecule has 0 amide bonds. The standard InChI is InChI=1S/C16H14N2O2/c1-12-4-5-15(14(9-12)10-19)20-11-13-3-2-7-18-8-6-17-16(13)18/h2-10H,11H2,1H3. The molecule has 3 aromatic rings. The van der Waals surface area contributed by atoms with Crippen LogP contribution in [0.1, 0.15) is 21.5 Å². The number of ether oxygens (including phenoxy) is 1. The van der Waals surface area contributed by atoms with E-state index in [-0.39, 0.29) is 0 Å². The number of nitrogens with zero attached hydrogens (tertiary/aromatic N) is 2. The monoisotopic (exact) mass is 266 g/mol. The van der Waals surface area contributed by atoms with Gasteiger partial charge in [0, 0.05) is 24.2 Å². The van der Waals surface area contributed by atoms with Crippen molar-refractivity contribution >= 4 is 11.9 Å². The lowest BCUT2D eigenvalue weighted by Gasteiger charge is -2.09. The molecule has 100 valence electrons. The van der Waals surface area contributed by atoms with Crippen LogP contribution in [0.15, 0.2) is 48.9 Å². The second kappa shape index (κ2) is 5.17. The molecule has 0 aliphatic heterocycles. The van der Waals surface area contributed by atoms with Crippen LogP contribution in [0, 0.1) is 6.92 Å². The zero-order valence-corrected chi connectivity index (χ0v) is 11.1. The summed E-state index contributed by atoms with van der Waals surface area (Å²) in [6.07, 6.45) is 6.40. The highest BCUT2D eigenvalue weighted by molar-refractivity contribution is 5.79. The topological polar surface area (TPSA) is 43.6 Å². The second-order valence-corrected chi connectivity index (χ2v) is 4.64. The molecule has 2 heterocycles. The number of pyridine rings is 1. The number of rotatable bonds is 4. The first-order valence-corrected chi connectivity index (χ1v) is 6.37. The van der Waals surface area contributed by atoms with Gasteiger partial charge < -0.3 is 9.14 Å². The summed E-state index contributed by atoms with van der Waals surface area (Å²) >= 11 is 0. The summed E-state index contributed by atoms with van der Waals surface area (Å²) in [5, 5.41) is 0. The summed E-state index contributed by atoms with van der Waals surface area (Å²) in [4.78, 5) is 15.4. The molecule has 0 saturated carbocycles. The Morgan fingerprint density at radius 1 is 1.30 bits per heavy atom. The highest BCUT2D eigenvalue weighted by atomic mass is 16.5. The predicted octanol–water partition coefficient (Wildman–Crippen LogP) is 3.03. The van der Waals surface area contributed by atoms with E-state index in [2.05, 4.69) is 4.98 Å². The maximum absolute atomic E-state index is 11.1. The van der Waals surface area contributed by atoms with E-state index in [1.54, 1.807) is 6.20 Å². The fourth-order valence-corrected chi connectivity index (χ4v) is 2.17. The van der Waals surface area contributed by atoms with Gasteiger partial charge in [-0.3, -0.25) is 4.79 Å². The molecule has 3 rings (SSSR count). The minimum Gasteiger partial charge on any atom is -0.488 e. The number of aromatic nitrogens is 2. The van der Waals surface area contributed by atoms with Gasteiger partial charge in [0.25, 0.3) is 0 Å². The van der Waals surface area contributed by atoms with E-state index in [0.29, 0.717) is 17.9 Å². The van der Waals surface area contributed by atoms with Crippen molar-refractivity contribution in [3.05, 3.63) is 65.6 Å². The molecular formula is C16H14N2O2. The SMILES string of the molecule is Cc1ccc(OCc2cccn3ccnc23)c(C=O)c1. The van der Waals surface area contributed by atoms with Gasteiger partial charge in [0.05, 0.1) is 5.56 Å². The van der Waals surface area contributed by atoms with Crippen LogP contribution in [-0.4, -0.2) is 15.7 Å². The summed E-state index contributed by atoms with van der Waals surface area (Å²) in [7, 11) is 0. The minimum atomic E-state index is 0.380. The van der Waals surface area contributed by atoms with Gasteiger partial charge in [0.15, 0.2) is 6.29 Å². The predicted molar refractivity (Wildman–Crippen MR) is 76.1 cm³/mol. The van der Waals surface area contributed by atoms with Gasteiger partial charge in [0.1, 0.15) is 18.0 Å². The van der Waals surface area contributed by atoms with Crippen molar-refractivity contribution in [1.82, 2.24) is 9.38 Å². The average Bonchev–Trinajstić information content (AvgIpc) is 2.94. The number of carbonyl (C=O) groups is 1. The molecule has 0 aliphatic rings. The van der Waals surface area contributed by atoms with E-state index in [9.17, 15) is 4.79 Å². The van der Waals surface area contributed by atoms with Crippen LogP contribution in [-0.2, 0) is 6.61 Å². The maximum atomic E-state index is 11.1. The van der Waals surface area contributed by atoms with E-state index in [4.69, 9.17) is 4.74 Å². The zero-order chi connectivity index (χ0) is 13.9. The Morgan fingerprint density at radius 2 is 2.20 bits per heavy atom. The number of aryl methyl sites for hydroxylation is 1. The van der Waals surface area contributed by atoms with Gasteiger partial charge in [-0.1, -0.05) is 17.7 Å². The lowest BCUT2D eigenvalue weighted by atomic mass is 10.1. The summed E-state index contributed by atoms with van der Waals surface area (Å²) in [6.45, 7) is 2.33. The quantitative estimate of drug-likeness (QED) is 0.682. The van der Waals surface area contributed by atoms with Crippen LogP contribution in [0.5, 0.6) is 5.75 Å². The number of benzene rings is 1. The van der Waals surface area contributed by atoms with E-state index >= 15 is 0 Å². The van der Waals surface area contributed by atoms with Crippen molar-refractivity contribution in [1.29, 1.82) is 0 Å². The van der Waals surface area contributed by atoms with Crippen molar-refractivity contribution in [3.63, 3.8) is 0 Å². The summed E-state index contributed by atoms with van der Waals surface area (Å²) in [6, 6.07) is 9.49. The number of aldehydes is 1. The molecule has 0 bridgehead atoms. The summed E-state index contributed by atoms with van der Waals surface area (Å²) in [5.41, 5.74) is 3.46. The molecule has 20 heavy (non-hydrogen) atoms. The third-order valence-corrected chi connectivity index (χ3v) is 3.18. The van der Waals surface area contributed by atoms with E-state index < -0.39 is 0 Å². The summed E-state index contributed by atoms with van der Waals surface area (Å²) < 4.78 is 7.70. The molecule has 4 nitrogen and oxygen atoms in total. The third kappa shape index (κ3) is 2.28. The normalized spacial score (nSPS) is 10.7. The fraction of sp³-hybridized carbons (Fsp3) is 0.125. The molecule has 0 fully saturated rings. The van der Waals surface area contributed by atoms with Gasteiger partial charge in [-0.25, -0.2) is 4.98 Å². The molecule has 0 atom stereocenters. The molecule has 2 aromatic heterocycles. The van der Waals surface area contributed by atoms with Crippen molar-refractivity contribution in [2.24, 2.45) is 0 Å². The molecule has 0 saturated heterocycles. The van der Waals surface area contributed by atoms with Gasteiger partial charge in [-0.15, -0.1) is 0 Å². The highest BCUT2D eigenvalue weighted by Gasteiger charge is 2.06. The first kappa shape index (κ1) is 12.4. The molecule has 0 unspecified atom stereocenters. The Bertz CT molecular complexity index is 762. The van der Waals surface area contributed by atoms with Crippen LogP contribution in [0.4, 0.5) is 0 Å². The third-order valence-electron chi connectivity index (χ3n) is 3.18. The number of fused-ring (bicyclic) bond motifs is 1.